The molecule has 4 nitrogen and oxygen atoms in total. The first kappa shape index (κ1) is 13.8. The van der Waals surface area contributed by atoms with Crippen molar-refractivity contribution < 1.29 is 14.6 Å². The van der Waals surface area contributed by atoms with Crippen LogP contribution in [-0.2, 0) is 0 Å². The summed E-state index contributed by atoms with van der Waals surface area (Å²) in [6.07, 6.45) is 0.109. The fraction of sp³-hybridized carbons (Fsp3) is 0.417. The van der Waals surface area contributed by atoms with E-state index in [1.165, 1.54) is 7.11 Å². The van der Waals surface area contributed by atoms with Gasteiger partial charge in [0.05, 0.1) is 29.3 Å². The molecule has 0 amide bonds. The molecule has 1 N–H and O–H groups in total. The second kappa shape index (κ2) is 6.48. The fourth-order valence-electron chi connectivity index (χ4n) is 1.22. The average molecular weight is 300 g/mol. The van der Waals surface area contributed by atoms with E-state index in [0.717, 1.165) is 0 Å². The van der Waals surface area contributed by atoms with Gasteiger partial charge < -0.3 is 14.6 Å². The summed E-state index contributed by atoms with van der Waals surface area (Å²) >= 11 is 3.31. The van der Waals surface area contributed by atoms with Crippen molar-refractivity contribution in [1.82, 2.24) is 0 Å². The van der Waals surface area contributed by atoms with E-state index < -0.39 is 6.10 Å². The maximum atomic E-state index is 9.44. The summed E-state index contributed by atoms with van der Waals surface area (Å²) in [5.41, 5.74) is 0.483. The quantitative estimate of drug-likeness (QED) is 0.907. The SMILES string of the molecule is CCC(O)COc1c(Br)cc(C#N)cc1OC. The molecule has 5 heteroatoms. The van der Waals surface area contributed by atoms with Gasteiger partial charge in [-0.25, -0.2) is 0 Å². The van der Waals surface area contributed by atoms with Gasteiger partial charge >= 0.3 is 0 Å². The molecule has 0 radical (unpaired) electrons. The van der Waals surface area contributed by atoms with Crippen LogP contribution in [0.1, 0.15) is 18.9 Å². The summed E-state index contributed by atoms with van der Waals surface area (Å²) in [5, 5.41) is 18.3. The first-order valence-corrected chi connectivity index (χ1v) is 6.00. The molecule has 0 aliphatic carbocycles. The number of benzene rings is 1. The van der Waals surface area contributed by atoms with Crippen molar-refractivity contribution in [2.75, 3.05) is 13.7 Å². The number of ether oxygens (including phenoxy) is 2. The molecule has 0 saturated carbocycles. The Morgan fingerprint density at radius 3 is 2.76 bits per heavy atom. The third kappa shape index (κ3) is 3.62. The molecule has 0 aliphatic rings. The Hall–Kier alpha value is -1.25. The number of rotatable bonds is 5. The smallest absolute Gasteiger partial charge is 0.175 e. The van der Waals surface area contributed by atoms with Gasteiger partial charge in [-0.2, -0.15) is 5.26 Å². The standard InChI is InChI=1S/C12H14BrNO3/c1-3-9(15)7-17-12-10(13)4-8(6-14)5-11(12)16-2/h4-5,9,15H,3,7H2,1-2H3. The molecule has 17 heavy (non-hydrogen) atoms. The zero-order valence-electron chi connectivity index (χ0n) is 9.74. The van der Waals surface area contributed by atoms with Crippen LogP contribution in [0.3, 0.4) is 0 Å². The number of nitrogens with zero attached hydrogens (tertiary/aromatic N) is 1. The fourth-order valence-corrected chi connectivity index (χ4v) is 1.78. The predicted molar refractivity (Wildman–Crippen MR) is 67.2 cm³/mol. The number of hydrogen-bond acceptors (Lipinski definition) is 4. The zero-order chi connectivity index (χ0) is 12.8. The Morgan fingerprint density at radius 1 is 1.53 bits per heavy atom. The summed E-state index contributed by atoms with van der Waals surface area (Å²) in [6.45, 7) is 2.07. The van der Waals surface area contributed by atoms with E-state index in [1.807, 2.05) is 13.0 Å². The van der Waals surface area contributed by atoms with E-state index >= 15 is 0 Å². The molecule has 0 fully saturated rings. The third-order valence-electron chi connectivity index (χ3n) is 2.25. The molecule has 0 heterocycles. The minimum Gasteiger partial charge on any atom is -0.493 e. The highest BCUT2D eigenvalue weighted by Crippen LogP contribution is 2.36. The van der Waals surface area contributed by atoms with Crippen LogP contribution in [0.25, 0.3) is 0 Å². The van der Waals surface area contributed by atoms with Crippen LogP contribution in [0.15, 0.2) is 16.6 Å². The molecule has 0 spiro atoms. The van der Waals surface area contributed by atoms with Crippen molar-refractivity contribution in [3.05, 3.63) is 22.2 Å². The van der Waals surface area contributed by atoms with Gasteiger partial charge in [0.15, 0.2) is 11.5 Å². The van der Waals surface area contributed by atoms with Crippen LogP contribution in [0.4, 0.5) is 0 Å². The largest absolute Gasteiger partial charge is 0.493 e. The molecule has 0 aromatic heterocycles. The van der Waals surface area contributed by atoms with Crippen molar-refractivity contribution in [1.29, 1.82) is 5.26 Å². The van der Waals surface area contributed by atoms with E-state index in [4.69, 9.17) is 14.7 Å². The highest BCUT2D eigenvalue weighted by Gasteiger charge is 2.13. The van der Waals surface area contributed by atoms with Crippen LogP contribution in [0.2, 0.25) is 0 Å². The van der Waals surface area contributed by atoms with Crippen LogP contribution < -0.4 is 9.47 Å². The Labute approximate surface area is 109 Å². The second-order valence-corrected chi connectivity index (χ2v) is 4.33. The van der Waals surface area contributed by atoms with Crippen molar-refractivity contribution in [3.8, 4) is 17.6 Å². The number of methoxy groups -OCH3 is 1. The van der Waals surface area contributed by atoms with Crippen LogP contribution >= 0.6 is 15.9 Å². The molecule has 1 atom stereocenters. The minimum absolute atomic E-state index is 0.192. The number of nitriles is 1. The topological polar surface area (TPSA) is 62.5 Å². The van der Waals surface area contributed by atoms with Crippen LogP contribution in [0.5, 0.6) is 11.5 Å². The molecular weight excluding hydrogens is 286 g/mol. The van der Waals surface area contributed by atoms with Gasteiger partial charge in [-0.3, -0.25) is 0 Å². The maximum absolute atomic E-state index is 9.44. The molecule has 1 aromatic rings. The normalized spacial score (nSPS) is 11.7. The van der Waals surface area contributed by atoms with Crippen molar-refractivity contribution >= 4 is 15.9 Å². The Kier molecular flexibility index (Phi) is 5.26. The van der Waals surface area contributed by atoms with E-state index in [-0.39, 0.29) is 6.61 Å². The first-order valence-electron chi connectivity index (χ1n) is 5.20. The lowest BCUT2D eigenvalue weighted by molar-refractivity contribution is 0.102. The zero-order valence-corrected chi connectivity index (χ0v) is 11.3. The lowest BCUT2D eigenvalue weighted by Crippen LogP contribution is -2.16. The summed E-state index contributed by atoms with van der Waals surface area (Å²) < 4.78 is 11.3. The number of aliphatic hydroxyl groups excluding tert-OH is 1. The molecule has 1 aromatic carbocycles. The van der Waals surface area contributed by atoms with Crippen molar-refractivity contribution in [2.24, 2.45) is 0 Å². The molecule has 0 aliphatic heterocycles. The van der Waals surface area contributed by atoms with Crippen molar-refractivity contribution in [2.45, 2.75) is 19.4 Å². The molecular formula is C12H14BrNO3. The van der Waals surface area contributed by atoms with E-state index in [1.54, 1.807) is 12.1 Å². The molecule has 0 bridgehead atoms. The minimum atomic E-state index is -0.512. The van der Waals surface area contributed by atoms with E-state index in [9.17, 15) is 5.11 Å². The summed E-state index contributed by atoms with van der Waals surface area (Å²) in [6, 6.07) is 5.28. The first-order chi connectivity index (χ1) is 8.12. The summed E-state index contributed by atoms with van der Waals surface area (Å²) in [5.74, 6) is 0.971. The molecule has 0 saturated heterocycles. The van der Waals surface area contributed by atoms with Gasteiger partial charge in [0.2, 0.25) is 0 Å². The maximum Gasteiger partial charge on any atom is 0.175 e. The number of halogens is 1. The van der Waals surface area contributed by atoms with Gasteiger partial charge in [-0.15, -0.1) is 0 Å². The Bertz CT molecular complexity index is 428. The van der Waals surface area contributed by atoms with Gasteiger partial charge in [0.1, 0.15) is 6.61 Å². The van der Waals surface area contributed by atoms with Gasteiger partial charge in [0.25, 0.3) is 0 Å². The van der Waals surface area contributed by atoms with Gasteiger partial charge in [0, 0.05) is 6.07 Å². The van der Waals surface area contributed by atoms with Crippen molar-refractivity contribution in [3.63, 3.8) is 0 Å². The highest BCUT2D eigenvalue weighted by atomic mass is 79.9. The molecule has 1 rings (SSSR count). The Balaban J connectivity index is 2.94. The van der Waals surface area contributed by atoms with E-state index in [0.29, 0.717) is 28.0 Å². The molecule has 92 valence electrons. The third-order valence-corrected chi connectivity index (χ3v) is 2.84. The lowest BCUT2D eigenvalue weighted by Gasteiger charge is -2.14. The summed E-state index contributed by atoms with van der Waals surface area (Å²) in [4.78, 5) is 0. The number of hydrogen-bond donors (Lipinski definition) is 1. The lowest BCUT2D eigenvalue weighted by atomic mass is 10.2. The highest BCUT2D eigenvalue weighted by molar-refractivity contribution is 9.10. The average Bonchev–Trinajstić information content (AvgIpc) is 2.35. The monoisotopic (exact) mass is 299 g/mol. The van der Waals surface area contributed by atoms with Gasteiger partial charge in [-0.05, 0) is 28.4 Å². The predicted octanol–water partition coefficient (Wildman–Crippen LogP) is 2.48. The van der Waals surface area contributed by atoms with Crippen LogP contribution in [-0.4, -0.2) is 24.9 Å². The second-order valence-electron chi connectivity index (χ2n) is 3.47. The van der Waals surface area contributed by atoms with E-state index in [2.05, 4.69) is 15.9 Å². The Morgan fingerprint density at radius 2 is 2.24 bits per heavy atom. The molecule has 1 unspecified atom stereocenters. The summed E-state index contributed by atoms with van der Waals surface area (Å²) in [7, 11) is 1.51. The number of aliphatic hydroxyl groups is 1. The van der Waals surface area contributed by atoms with Crippen LogP contribution in [0, 0.1) is 11.3 Å². The van der Waals surface area contributed by atoms with Gasteiger partial charge in [-0.1, -0.05) is 6.92 Å².